The second kappa shape index (κ2) is 4.14. The van der Waals surface area contributed by atoms with Gasteiger partial charge in [0.1, 0.15) is 4.90 Å². The Kier molecular flexibility index (Phi) is 2.98. The van der Waals surface area contributed by atoms with Gasteiger partial charge in [0, 0.05) is 10.1 Å². The van der Waals surface area contributed by atoms with Crippen LogP contribution in [0.1, 0.15) is 4.88 Å². The van der Waals surface area contributed by atoms with E-state index in [-0.39, 0.29) is 11.5 Å². The number of rotatable bonds is 3. The van der Waals surface area contributed by atoms with E-state index >= 15 is 0 Å². The van der Waals surface area contributed by atoms with Crippen LogP contribution in [0.3, 0.4) is 0 Å². The molecule has 1 heterocycles. The zero-order valence-corrected chi connectivity index (χ0v) is 10.2. The van der Waals surface area contributed by atoms with E-state index < -0.39 is 10.0 Å². The molecule has 0 fully saturated rings. The summed E-state index contributed by atoms with van der Waals surface area (Å²) in [5, 5.41) is 9.85. The fourth-order valence-corrected chi connectivity index (χ4v) is 4.09. The lowest BCUT2D eigenvalue weighted by molar-refractivity contribution is 0.283. The maximum absolute atomic E-state index is 11.8. The van der Waals surface area contributed by atoms with Crippen LogP contribution in [0.2, 0.25) is 0 Å². The number of hydrogen-bond donors (Lipinski definition) is 2. The summed E-state index contributed by atoms with van der Waals surface area (Å²) < 4.78 is 26.8. The molecule has 0 aliphatic heterocycles. The van der Waals surface area contributed by atoms with Crippen LogP contribution in [-0.2, 0) is 16.6 Å². The summed E-state index contributed by atoms with van der Waals surface area (Å²) in [5.74, 6) is 0. The third kappa shape index (κ3) is 1.73. The fourth-order valence-electron chi connectivity index (χ4n) is 1.57. The molecule has 0 aliphatic carbocycles. The van der Waals surface area contributed by atoms with Crippen molar-refractivity contribution in [3.05, 3.63) is 29.1 Å². The standard InChI is InChI=1S/C10H11NO3S2/c1-11-16(13,14)10-7-4-2-3-5-8(7)15-9(10)6-12/h2-5,11-12H,6H2,1H3. The lowest BCUT2D eigenvalue weighted by Gasteiger charge is -2.02. The van der Waals surface area contributed by atoms with Gasteiger partial charge in [0.15, 0.2) is 0 Å². The molecule has 0 saturated heterocycles. The molecular formula is C10H11NO3S2. The summed E-state index contributed by atoms with van der Waals surface area (Å²) >= 11 is 1.30. The third-order valence-corrected chi connectivity index (χ3v) is 5.13. The fraction of sp³-hybridized carbons (Fsp3) is 0.200. The van der Waals surface area contributed by atoms with E-state index in [1.807, 2.05) is 12.1 Å². The van der Waals surface area contributed by atoms with E-state index in [0.29, 0.717) is 10.3 Å². The van der Waals surface area contributed by atoms with Gasteiger partial charge < -0.3 is 5.11 Å². The van der Waals surface area contributed by atoms with E-state index in [1.165, 1.54) is 18.4 Å². The number of fused-ring (bicyclic) bond motifs is 1. The van der Waals surface area contributed by atoms with Crippen LogP contribution >= 0.6 is 11.3 Å². The molecule has 1 aromatic carbocycles. The first kappa shape index (κ1) is 11.5. The molecule has 0 atom stereocenters. The number of thiophene rings is 1. The zero-order valence-electron chi connectivity index (χ0n) is 8.60. The summed E-state index contributed by atoms with van der Waals surface area (Å²) in [6.07, 6.45) is 0. The van der Waals surface area contributed by atoms with Crippen molar-refractivity contribution in [1.82, 2.24) is 4.72 Å². The summed E-state index contributed by atoms with van der Waals surface area (Å²) in [7, 11) is -2.16. The van der Waals surface area contributed by atoms with Gasteiger partial charge in [-0.05, 0) is 13.1 Å². The lowest BCUT2D eigenvalue weighted by Crippen LogP contribution is -2.19. The Labute approximate surface area is 97.6 Å². The Balaban J connectivity index is 2.85. The van der Waals surface area contributed by atoms with Gasteiger partial charge in [-0.2, -0.15) is 0 Å². The molecule has 0 spiro atoms. The number of nitrogens with one attached hydrogen (secondary N) is 1. The molecule has 86 valence electrons. The highest BCUT2D eigenvalue weighted by Crippen LogP contribution is 2.34. The van der Waals surface area contributed by atoms with Crippen molar-refractivity contribution in [1.29, 1.82) is 0 Å². The average Bonchev–Trinajstić information content (AvgIpc) is 2.67. The van der Waals surface area contributed by atoms with Crippen LogP contribution in [0.5, 0.6) is 0 Å². The number of aliphatic hydroxyl groups is 1. The summed E-state index contributed by atoms with van der Waals surface area (Å²) in [5.41, 5.74) is 0. The minimum Gasteiger partial charge on any atom is -0.391 e. The monoisotopic (exact) mass is 257 g/mol. The minimum atomic E-state index is -3.52. The molecule has 0 unspecified atom stereocenters. The number of benzene rings is 1. The molecule has 0 amide bonds. The summed E-state index contributed by atoms with van der Waals surface area (Å²) in [4.78, 5) is 0.661. The quantitative estimate of drug-likeness (QED) is 0.871. The molecule has 2 rings (SSSR count). The van der Waals surface area contributed by atoms with Crippen LogP contribution in [0.15, 0.2) is 29.2 Å². The van der Waals surface area contributed by atoms with Crippen molar-refractivity contribution in [2.75, 3.05) is 7.05 Å². The first-order chi connectivity index (χ1) is 7.60. The predicted molar refractivity (Wildman–Crippen MR) is 64.0 cm³/mol. The highest BCUT2D eigenvalue weighted by atomic mass is 32.2. The van der Waals surface area contributed by atoms with Crippen molar-refractivity contribution in [3.63, 3.8) is 0 Å². The van der Waals surface area contributed by atoms with E-state index in [1.54, 1.807) is 12.1 Å². The minimum absolute atomic E-state index is 0.193. The van der Waals surface area contributed by atoms with E-state index in [4.69, 9.17) is 0 Å². The van der Waals surface area contributed by atoms with Crippen molar-refractivity contribution < 1.29 is 13.5 Å². The molecule has 1 aromatic heterocycles. The van der Waals surface area contributed by atoms with E-state index in [9.17, 15) is 13.5 Å². The van der Waals surface area contributed by atoms with Crippen molar-refractivity contribution in [2.24, 2.45) is 0 Å². The van der Waals surface area contributed by atoms with Gasteiger partial charge in [-0.3, -0.25) is 0 Å². The van der Waals surface area contributed by atoms with E-state index in [0.717, 1.165) is 4.70 Å². The topological polar surface area (TPSA) is 66.4 Å². The second-order valence-electron chi connectivity index (χ2n) is 3.22. The molecule has 0 aliphatic rings. The maximum atomic E-state index is 11.8. The zero-order chi connectivity index (χ0) is 11.8. The highest BCUT2D eigenvalue weighted by Gasteiger charge is 2.22. The normalized spacial score (nSPS) is 12.1. The van der Waals surface area contributed by atoms with Gasteiger partial charge >= 0.3 is 0 Å². The lowest BCUT2D eigenvalue weighted by atomic mass is 10.2. The second-order valence-corrected chi connectivity index (χ2v) is 6.18. The van der Waals surface area contributed by atoms with Gasteiger partial charge in [0.05, 0.1) is 11.5 Å². The Morgan fingerprint density at radius 3 is 2.69 bits per heavy atom. The Morgan fingerprint density at radius 2 is 2.06 bits per heavy atom. The summed E-state index contributed by atoms with van der Waals surface area (Å²) in [6.45, 7) is -0.268. The van der Waals surface area contributed by atoms with Gasteiger partial charge in [0.2, 0.25) is 10.0 Å². The van der Waals surface area contributed by atoms with Crippen molar-refractivity contribution in [2.45, 2.75) is 11.5 Å². The van der Waals surface area contributed by atoms with Crippen LogP contribution in [0.25, 0.3) is 10.1 Å². The molecule has 16 heavy (non-hydrogen) atoms. The van der Waals surface area contributed by atoms with Gasteiger partial charge in [-0.25, -0.2) is 13.1 Å². The molecular weight excluding hydrogens is 246 g/mol. The van der Waals surface area contributed by atoms with Gasteiger partial charge in [-0.15, -0.1) is 11.3 Å². The summed E-state index contributed by atoms with van der Waals surface area (Å²) in [6, 6.07) is 7.21. The Bertz CT molecular complexity index is 616. The smallest absolute Gasteiger partial charge is 0.242 e. The van der Waals surface area contributed by atoms with E-state index in [2.05, 4.69) is 4.72 Å². The maximum Gasteiger partial charge on any atom is 0.242 e. The molecule has 4 nitrogen and oxygen atoms in total. The molecule has 6 heteroatoms. The average molecular weight is 257 g/mol. The highest BCUT2D eigenvalue weighted by molar-refractivity contribution is 7.90. The number of sulfonamides is 1. The van der Waals surface area contributed by atoms with Crippen LogP contribution in [0.4, 0.5) is 0 Å². The van der Waals surface area contributed by atoms with Crippen molar-refractivity contribution in [3.8, 4) is 0 Å². The van der Waals surface area contributed by atoms with Crippen LogP contribution in [0, 0.1) is 0 Å². The molecule has 0 bridgehead atoms. The predicted octanol–water partition coefficient (Wildman–Crippen LogP) is 1.30. The number of aliphatic hydroxyl groups excluding tert-OH is 1. The Morgan fingerprint density at radius 1 is 1.38 bits per heavy atom. The van der Waals surface area contributed by atoms with Crippen LogP contribution in [-0.4, -0.2) is 20.6 Å². The third-order valence-electron chi connectivity index (χ3n) is 2.30. The molecule has 0 saturated carbocycles. The molecule has 0 radical (unpaired) electrons. The molecule has 2 aromatic rings. The first-order valence-corrected chi connectivity index (χ1v) is 6.95. The largest absolute Gasteiger partial charge is 0.391 e. The van der Waals surface area contributed by atoms with Gasteiger partial charge in [-0.1, -0.05) is 18.2 Å². The van der Waals surface area contributed by atoms with Crippen molar-refractivity contribution >= 4 is 31.4 Å². The SMILES string of the molecule is CNS(=O)(=O)c1c(CO)sc2ccccc12. The first-order valence-electron chi connectivity index (χ1n) is 4.65. The van der Waals surface area contributed by atoms with Gasteiger partial charge in [0.25, 0.3) is 0 Å². The van der Waals surface area contributed by atoms with Crippen LogP contribution < -0.4 is 4.72 Å². The molecule has 2 N–H and O–H groups in total. The number of hydrogen-bond acceptors (Lipinski definition) is 4. The Hall–Kier alpha value is -0.950.